The molecule has 0 atom stereocenters. The molecule has 0 unspecified atom stereocenters. The summed E-state index contributed by atoms with van der Waals surface area (Å²) in [5.74, 6) is -2.58. The highest BCUT2D eigenvalue weighted by atomic mass is 32.2. The van der Waals surface area contributed by atoms with Crippen molar-refractivity contribution in [3.8, 4) is 0 Å². The summed E-state index contributed by atoms with van der Waals surface area (Å²) in [6.07, 6.45) is -0.262. The summed E-state index contributed by atoms with van der Waals surface area (Å²) in [5.41, 5.74) is -0.727. The molecule has 0 aromatic rings. The van der Waals surface area contributed by atoms with Crippen LogP contribution in [0.15, 0.2) is 0 Å². The van der Waals surface area contributed by atoms with Crippen LogP contribution >= 0.6 is 0 Å². The van der Waals surface area contributed by atoms with Gasteiger partial charge in [-0.05, 0) is 20.8 Å². The Morgan fingerprint density at radius 3 is 2.06 bits per heavy atom. The van der Waals surface area contributed by atoms with Gasteiger partial charge in [-0.1, -0.05) is 0 Å². The third kappa shape index (κ3) is 8.67. The van der Waals surface area contributed by atoms with E-state index in [1.807, 2.05) is 0 Å². The molecule has 6 nitrogen and oxygen atoms in total. The first-order valence-electron chi connectivity index (χ1n) is 5.05. The molecule has 7 heteroatoms. The number of hydrogen-bond acceptors (Lipinski definition) is 6. The minimum Gasteiger partial charge on any atom is -0.469 e. The highest BCUT2D eigenvalue weighted by Gasteiger charge is 2.23. The Labute approximate surface area is 101 Å². The van der Waals surface area contributed by atoms with Gasteiger partial charge in [-0.2, -0.15) is 0 Å². The van der Waals surface area contributed by atoms with Gasteiger partial charge in [0.15, 0.2) is 9.84 Å². The highest BCUT2D eigenvalue weighted by Crippen LogP contribution is 2.08. The van der Waals surface area contributed by atoms with Crippen LogP contribution in [0.1, 0.15) is 27.2 Å². The number of carbonyl (C=O) groups excluding carboxylic acids is 2. The summed E-state index contributed by atoms with van der Waals surface area (Å²) >= 11 is 0. The van der Waals surface area contributed by atoms with Gasteiger partial charge < -0.3 is 9.47 Å². The van der Waals surface area contributed by atoms with E-state index in [1.54, 1.807) is 20.8 Å². The number of rotatable bonds is 5. The molecule has 0 spiro atoms. The molecule has 0 heterocycles. The highest BCUT2D eigenvalue weighted by molar-refractivity contribution is 7.92. The second kappa shape index (κ2) is 6.00. The molecule has 0 aliphatic heterocycles. The van der Waals surface area contributed by atoms with Crippen molar-refractivity contribution in [2.45, 2.75) is 32.8 Å². The van der Waals surface area contributed by atoms with Gasteiger partial charge in [-0.25, -0.2) is 8.42 Å². The first kappa shape index (κ1) is 15.9. The number of sulfone groups is 1. The number of esters is 2. The third-order valence-corrected chi connectivity index (χ3v) is 3.10. The van der Waals surface area contributed by atoms with E-state index >= 15 is 0 Å². The van der Waals surface area contributed by atoms with Gasteiger partial charge in [0.2, 0.25) is 0 Å². The Kier molecular flexibility index (Phi) is 5.60. The summed E-state index contributed by atoms with van der Waals surface area (Å²) < 4.78 is 32.1. The lowest BCUT2D eigenvalue weighted by Crippen LogP contribution is -2.29. The van der Waals surface area contributed by atoms with Crippen molar-refractivity contribution in [1.29, 1.82) is 0 Å². The standard InChI is InChI=1S/C10H18O6S/c1-10(2,3)16-9(12)7-17(13,14)6-5-8(11)15-4/h5-7H2,1-4H3. The zero-order chi connectivity index (χ0) is 13.7. The molecule has 0 saturated carbocycles. The first-order chi connectivity index (χ1) is 7.56. The average Bonchev–Trinajstić information content (AvgIpc) is 2.10. The number of methoxy groups -OCH3 is 1. The third-order valence-electron chi connectivity index (χ3n) is 1.60. The van der Waals surface area contributed by atoms with Gasteiger partial charge in [0.1, 0.15) is 11.4 Å². The molecule has 0 amide bonds. The van der Waals surface area contributed by atoms with E-state index < -0.39 is 38.9 Å². The maximum atomic E-state index is 11.4. The molecule has 0 bridgehead atoms. The normalized spacial score (nSPS) is 12.0. The van der Waals surface area contributed by atoms with Crippen molar-refractivity contribution >= 4 is 21.8 Å². The van der Waals surface area contributed by atoms with E-state index in [1.165, 1.54) is 7.11 Å². The molecule has 100 valence electrons. The zero-order valence-electron chi connectivity index (χ0n) is 10.5. The van der Waals surface area contributed by atoms with Crippen LogP contribution in [-0.2, 0) is 28.9 Å². The maximum Gasteiger partial charge on any atom is 0.321 e. The second-order valence-electron chi connectivity index (χ2n) is 4.50. The largest absolute Gasteiger partial charge is 0.469 e. The van der Waals surface area contributed by atoms with Crippen molar-refractivity contribution in [2.75, 3.05) is 18.6 Å². The lowest BCUT2D eigenvalue weighted by atomic mass is 10.2. The topological polar surface area (TPSA) is 86.7 Å². The Balaban J connectivity index is 4.27. The van der Waals surface area contributed by atoms with Crippen molar-refractivity contribution in [1.82, 2.24) is 0 Å². The van der Waals surface area contributed by atoms with Crippen LogP contribution in [0.3, 0.4) is 0 Å². The molecule has 0 radical (unpaired) electrons. The quantitative estimate of drug-likeness (QED) is 0.665. The predicted molar refractivity (Wildman–Crippen MR) is 61.1 cm³/mol. The minimum atomic E-state index is -3.63. The molecular formula is C10H18O6S. The molecule has 0 aromatic heterocycles. The van der Waals surface area contributed by atoms with Crippen LogP contribution in [0.2, 0.25) is 0 Å². The van der Waals surface area contributed by atoms with Gasteiger partial charge in [0.05, 0.1) is 19.3 Å². The predicted octanol–water partition coefficient (Wildman–Crippen LogP) is 0.306. The van der Waals surface area contributed by atoms with Crippen LogP contribution in [0.25, 0.3) is 0 Å². The van der Waals surface area contributed by atoms with E-state index in [0.717, 1.165) is 0 Å². The Morgan fingerprint density at radius 2 is 1.65 bits per heavy atom. The van der Waals surface area contributed by atoms with Crippen LogP contribution in [0.4, 0.5) is 0 Å². The number of ether oxygens (including phenoxy) is 2. The average molecular weight is 266 g/mol. The number of carbonyl (C=O) groups is 2. The van der Waals surface area contributed by atoms with E-state index in [0.29, 0.717) is 0 Å². The first-order valence-corrected chi connectivity index (χ1v) is 6.87. The molecule has 0 aliphatic rings. The maximum absolute atomic E-state index is 11.4. The van der Waals surface area contributed by atoms with Crippen molar-refractivity contribution in [3.63, 3.8) is 0 Å². The van der Waals surface area contributed by atoms with Gasteiger partial charge >= 0.3 is 11.9 Å². The summed E-state index contributed by atoms with van der Waals surface area (Å²) in [7, 11) is -2.46. The summed E-state index contributed by atoms with van der Waals surface area (Å²) in [6.45, 7) is 4.93. The molecule has 0 rings (SSSR count). The molecule has 0 N–H and O–H groups in total. The smallest absolute Gasteiger partial charge is 0.321 e. The molecule has 0 aromatic carbocycles. The van der Waals surface area contributed by atoms with Crippen molar-refractivity contribution < 1.29 is 27.5 Å². The fraction of sp³-hybridized carbons (Fsp3) is 0.800. The van der Waals surface area contributed by atoms with Gasteiger partial charge in [0, 0.05) is 0 Å². The van der Waals surface area contributed by atoms with E-state index in [9.17, 15) is 18.0 Å². The minimum absolute atomic E-state index is 0.262. The summed E-state index contributed by atoms with van der Waals surface area (Å²) in [6, 6.07) is 0. The monoisotopic (exact) mass is 266 g/mol. The molecule has 17 heavy (non-hydrogen) atoms. The molecule has 0 saturated heterocycles. The zero-order valence-corrected chi connectivity index (χ0v) is 11.3. The lowest BCUT2D eigenvalue weighted by Gasteiger charge is -2.19. The summed E-state index contributed by atoms with van der Waals surface area (Å²) in [5, 5.41) is 0. The van der Waals surface area contributed by atoms with E-state index in [4.69, 9.17) is 4.74 Å². The van der Waals surface area contributed by atoms with Crippen molar-refractivity contribution in [2.24, 2.45) is 0 Å². The van der Waals surface area contributed by atoms with Crippen LogP contribution in [-0.4, -0.2) is 44.6 Å². The fourth-order valence-corrected chi connectivity index (χ4v) is 2.00. The van der Waals surface area contributed by atoms with E-state index in [2.05, 4.69) is 4.74 Å². The Morgan fingerprint density at radius 1 is 1.12 bits per heavy atom. The van der Waals surface area contributed by atoms with E-state index in [-0.39, 0.29) is 6.42 Å². The molecular weight excluding hydrogens is 248 g/mol. The number of hydrogen-bond donors (Lipinski definition) is 0. The van der Waals surface area contributed by atoms with Gasteiger partial charge in [0.25, 0.3) is 0 Å². The van der Waals surface area contributed by atoms with Crippen LogP contribution in [0, 0.1) is 0 Å². The van der Waals surface area contributed by atoms with Gasteiger partial charge in [-0.15, -0.1) is 0 Å². The van der Waals surface area contributed by atoms with Gasteiger partial charge in [-0.3, -0.25) is 9.59 Å². The van der Waals surface area contributed by atoms with Crippen LogP contribution in [0.5, 0.6) is 0 Å². The lowest BCUT2D eigenvalue weighted by molar-refractivity contribution is -0.151. The van der Waals surface area contributed by atoms with Crippen LogP contribution < -0.4 is 0 Å². The van der Waals surface area contributed by atoms with Crippen molar-refractivity contribution in [3.05, 3.63) is 0 Å². The molecule has 0 fully saturated rings. The Hall–Kier alpha value is -1.11. The Bertz CT molecular complexity index is 376. The molecule has 0 aliphatic carbocycles. The second-order valence-corrected chi connectivity index (χ2v) is 6.69. The SMILES string of the molecule is COC(=O)CCS(=O)(=O)CC(=O)OC(C)(C)C. The summed E-state index contributed by atoms with van der Waals surface area (Å²) in [4.78, 5) is 22.0. The fourth-order valence-electron chi connectivity index (χ4n) is 0.964.